The van der Waals surface area contributed by atoms with Crippen LogP contribution in [-0.4, -0.2) is 14.1 Å². The third-order valence-corrected chi connectivity index (χ3v) is 3.51. The molecule has 2 nitrogen and oxygen atoms in total. The summed E-state index contributed by atoms with van der Waals surface area (Å²) in [7, 11) is 4.02. The van der Waals surface area contributed by atoms with Gasteiger partial charge >= 0.3 is 0 Å². The van der Waals surface area contributed by atoms with Crippen molar-refractivity contribution in [3.63, 3.8) is 0 Å². The molecule has 0 bridgehead atoms. The Labute approximate surface area is 115 Å². The first-order chi connectivity index (χ1) is 7.58. The molecule has 1 aliphatic carbocycles. The molecular formula is C13H20Cl2N2. The molecule has 0 aliphatic heterocycles. The lowest BCUT2D eigenvalue weighted by Gasteiger charge is -2.17. The van der Waals surface area contributed by atoms with Gasteiger partial charge in [0.25, 0.3) is 0 Å². The van der Waals surface area contributed by atoms with E-state index >= 15 is 0 Å². The minimum atomic E-state index is 0. The van der Waals surface area contributed by atoms with Gasteiger partial charge in [-0.2, -0.15) is 0 Å². The van der Waals surface area contributed by atoms with Gasteiger partial charge in [0.05, 0.1) is 0 Å². The monoisotopic (exact) mass is 274 g/mol. The fourth-order valence-corrected chi connectivity index (χ4v) is 2.25. The predicted octanol–water partition coefficient (Wildman–Crippen LogP) is 3.63. The Morgan fingerprint density at radius 2 is 2.06 bits per heavy atom. The van der Waals surface area contributed by atoms with Gasteiger partial charge in [-0.05, 0) is 30.0 Å². The first kappa shape index (κ1) is 14.6. The van der Waals surface area contributed by atoms with Crippen molar-refractivity contribution in [1.82, 2.24) is 0 Å². The van der Waals surface area contributed by atoms with E-state index < -0.39 is 0 Å². The zero-order valence-electron chi connectivity index (χ0n) is 10.3. The van der Waals surface area contributed by atoms with E-state index in [2.05, 4.69) is 12.1 Å². The van der Waals surface area contributed by atoms with Crippen LogP contribution in [0.3, 0.4) is 0 Å². The molecule has 2 N–H and O–H groups in total. The number of nitrogens with zero attached hydrogens (tertiary/aromatic N) is 1. The lowest BCUT2D eigenvalue weighted by atomic mass is 10.0. The summed E-state index contributed by atoms with van der Waals surface area (Å²) in [5.41, 5.74) is 8.37. The minimum Gasteiger partial charge on any atom is -0.378 e. The average Bonchev–Trinajstić information content (AvgIpc) is 3.01. The maximum atomic E-state index is 6.27. The summed E-state index contributed by atoms with van der Waals surface area (Å²) >= 11 is 6.27. The van der Waals surface area contributed by atoms with Gasteiger partial charge in [-0.25, -0.2) is 0 Å². The summed E-state index contributed by atoms with van der Waals surface area (Å²) in [6.45, 7) is 0. The molecule has 0 unspecified atom stereocenters. The highest BCUT2D eigenvalue weighted by Crippen LogP contribution is 2.38. The largest absolute Gasteiger partial charge is 0.378 e. The van der Waals surface area contributed by atoms with E-state index in [1.807, 2.05) is 25.1 Å². The lowest BCUT2D eigenvalue weighted by molar-refractivity contribution is 0.597. The van der Waals surface area contributed by atoms with E-state index in [1.54, 1.807) is 0 Å². The standard InChI is InChI=1S/C13H19ClN2.ClH/c1-16(2)10-5-6-11(12(14)8-10)13(15)7-9-3-4-9;/h5-6,8-9,13H,3-4,7,15H2,1-2H3;1H/t13-;/m0./s1. The molecule has 4 heteroatoms. The number of nitrogens with two attached hydrogens (primary N) is 1. The van der Waals surface area contributed by atoms with Crippen molar-refractivity contribution in [1.29, 1.82) is 0 Å². The van der Waals surface area contributed by atoms with Crippen molar-refractivity contribution >= 4 is 29.7 Å². The molecule has 0 amide bonds. The molecular weight excluding hydrogens is 255 g/mol. The summed E-state index contributed by atoms with van der Waals surface area (Å²) in [6, 6.07) is 6.22. The highest BCUT2D eigenvalue weighted by molar-refractivity contribution is 6.31. The summed E-state index contributed by atoms with van der Waals surface area (Å²) < 4.78 is 0. The van der Waals surface area contributed by atoms with Gasteiger partial charge in [0.2, 0.25) is 0 Å². The number of rotatable bonds is 4. The minimum absolute atomic E-state index is 0. The molecule has 0 spiro atoms. The average molecular weight is 275 g/mol. The Bertz CT molecular complexity index is 376. The third-order valence-electron chi connectivity index (χ3n) is 3.18. The molecule has 2 rings (SSSR count). The number of hydrogen-bond donors (Lipinski definition) is 1. The van der Waals surface area contributed by atoms with Crippen molar-refractivity contribution in [3.05, 3.63) is 28.8 Å². The van der Waals surface area contributed by atoms with Gasteiger partial charge < -0.3 is 10.6 Å². The number of anilines is 1. The molecule has 17 heavy (non-hydrogen) atoms. The van der Waals surface area contributed by atoms with Gasteiger partial charge in [0.15, 0.2) is 0 Å². The van der Waals surface area contributed by atoms with Crippen LogP contribution in [0.5, 0.6) is 0 Å². The second-order valence-electron chi connectivity index (χ2n) is 4.89. The maximum absolute atomic E-state index is 6.27. The second kappa shape index (κ2) is 5.94. The van der Waals surface area contributed by atoms with Crippen molar-refractivity contribution in [2.45, 2.75) is 25.3 Å². The number of hydrogen-bond acceptors (Lipinski definition) is 2. The topological polar surface area (TPSA) is 29.3 Å². The number of halogens is 2. The Kier molecular flexibility index (Phi) is 5.11. The summed E-state index contributed by atoms with van der Waals surface area (Å²) in [6.07, 6.45) is 3.74. The Morgan fingerprint density at radius 3 is 2.53 bits per heavy atom. The molecule has 96 valence electrons. The van der Waals surface area contributed by atoms with E-state index in [4.69, 9.17) is 17.3 Å². The fourth-order valence-electron chi connectivity index (χ4n) is 1.93. The van der Waals surface area contributed by atoms with E-state index in [9.17, 15) is 0 Å². The Balaban J connectivity index is 0.00000144. The van der Waals surface area contributed by atoms with E-state index in [-0.39, 0.29) is 18.4 Å². The van der Waals surface area contributed by atoms with Crippen LogP contribution in [-0.2, 0) is 0 Å². The SMILES string of the molecule is CN(C)c1ccc([C@@H](N)CC2CC2)c(Cl)c1.Cl. The van der Waals surface area contributed by atoms with Crippen LogP contribution in [0.1, 0.15) is 30.9 Å². The van der Waals surface area contributed by atoms with Crippen molar-refractivity contribution in [3.8, 4) is 0 Å². The molecule has 0 heterocycles. The van der Waals surface area contributed by atoms with Crippen molar-refractivity contribution in [2.75, 3.05) is 19.0 Å². The van der Waals surface area contributed by atoms with Crippen LogP contribution in [0.2, 0.25) is 5.02 Å². The van der Waals surface area contributed by atoms with Gasteiger partial charge in [-0.3, -0.25) is 0 Å². The second-order valence-corrected chi connectivity index (χ2v) is 5.29. The molecule has 1 atom stereocenters. The van der Waals surface area contributed by atoms with Crippen LogP contribution in [0.4, 0.5) is 5.69 Å². The molecule has 0 aromatic heterocycles. The first-order valence-corrected chi connectivity index (χ1v) is 6.18. The van der Waals surface area contributed by atoms with E-state index in [0.717, 1.165) is 28.6 Å². The molecule has 1 saturated carbocycles. The lowest BCUT2D eigenvalue weighted by Crippen LogP contribution is -2.13. The Morgan fingerprint density at radius 1 is 1.41 bits per heavy atom. The van der Waals surface area contributed by atoms with Gasteiger partial charge in [0, 0.05) is 30.8 Å². The van der Waals surface area contributed by atoms with Crippen LogP contribution in [0.25, 0.3) is 0 Å². The zero-order chi connectivity index (χ0) is 11.7. The highest BCUT2D eigenvalue weighted by atomic mass is 35.5. The normalized spacial score (nSPS) is 16.2. The summed E-state index contributed by atoms with van der Waals surface area (Å²) in [5, 5.41) is 0.791. The van der Waals surface area contributed by atoms with Crippen LogP contribution < -0.4 is 10.6 Å². The quantitative estimate of drug-likeness (QED) is 0.909. The van der Waals surface area contributed by atoms with Crippen molar-refractivity contribution < 1.29 is 0 Å². The maximum Gasteiger partial charge on any atom is 0.0474 e. The first-order valence-electron chi connectivity index (χ1n) is 5.80. The summed E-state index contributed by atoms with van der Waals surface area (Å²) in [5.74, 6) is 0.833. The predicted molar refractivity (Wildman–Crippen MR) is 77.3 cm³/mol. The van der Waals surface area contributed by atoms with E-state index in [0.29, 0.717) is 0 Å². The summed E-state index contributed by atoms with van der Waals surface area (Å²) in [4.78, 5) is 2.04. The van der Waals surface area contributed by atoms with Crippen LogP contribution in [0.15, 0.2) is 18.2 Å². The zero-order valence-corrected chi connectivity index (χ0v) is 11.9. The highest BCUT2D eigenvalue weighted by Gasteiger charge is 2.25. The molecule has 1 aromatic rings. The molecule has 1 aliphatic rings. The van der Waals surface area contributed by atoms with Crippen molar-refractivity contribution in [2.24, 2.45) is 11.7 Å². The molecule has 1 aromatic carbocycles. The third kappa shape index (κ3) is 3.77. The Hall–Kier alpha value is -0.440. The fraction of sp³-hybridized carbons (Fsp3) is 0.538. The molecule has 0 saturated heterocycles. The smallest absolute Gasteiger partial charge is 0.0474 e. The van der Waals surface area contributed by atoms with Gasteiger partial charge in [0.1, 0.15) is 0 Å². The van der Waals surface area contributed by atoms with Crippen LogP contribution in [0, 0.1) is 5.92 Å². The van der Waals surface area contributed by atoms with E-state index in [1.165, 1.54) is 12.8 Å². The molecule has 1 fully saturated rings. The van der Waals surface area contributed by atoms with Gasteiger partial charge in [-0.15, -0.1) is 12.4 Å². The van der Waals surface area contributed by atoms with Gasteiger partial charge in [-0.1, -0.05) is 30.5 Å². The van der Waals surface area contributed by atoms with Crippen LogP contribution >= 0.6 is 24.0 Å². The molecule has 0 radical (unpaired) electrons. The number of benzene rings is 1.